The van der Waals surface area contributed by atoms with E-state index in [0.717, 1.165) is 12.5 Å². The van der Waals surface area contributed by atoms with Crippen molar-refractivity contribution in [1.29, 1.82) is 0 Å². The van der Waals surface area contributed by atoms with Crippen LogP contribution in [-0.4, -0.2) is 16.5 Å². The normalized spacial score (nSPS) is 24.6. The van der Waals surface area contributed by atoms with Crippen molar-refractivity contribution in [2.45, 2.75) is 32.6 Å². The van der Waals surface area contributed by atoms with Crippen molar-refractivity contribution in [3.63, 3.8) is 0 Å². The van der Waals surface area contributed by atoms with Crippen molar-refractivity contribution >= 4 is 29.0 Å². The Labute approximate surface area is 112 Å². The van der Waals surface area contributed by atoms with Crippen molar-refractivity contribution in [3.05, 3.63) is 16.5 Å². The van der Waals surface area contributed by atoms with E-state index in [9.17, 15) is 0 Å². The average Bonchev–Trinajstić information content (AvgIpc) is 2.32. The van der Waals surface area contributed by atoms with Gasteiger partial charge < -0.3 is 5.32 Å². The summed E-state index contributed by atoms with van der Waals surface area (Å²) in [6.07, 6.45) is 6.82. The molecule has 0 radical (unpaired) electrons. The number of nitrogens with one attached hydrogen (secondary N) is 1. The van der Waals surface area contributed by atoms with Crippen LogP contribution in [0.15, 0.2) is 6.20 Å². The van der Waals surface area contributed by atoms with E-state index in [1.807, 2.05) is 0 Å². The molecule has 0 aromatic carbocycles. The molecule has 1 aromatic rings. The lowest BCUT2D eigenvalue weighted by atomic mass is 9.80. The summed E-state index contributed by atoms with van der Waals surface area (Å²) in [7, 11) is 0. The van der Waals surface area contributed by atoms with Crippen LogP contribution < -0.4 is 5.32 Å². The fourth-order valence-electron chi connectivity index (χ4n) is 2.39. The lowest BCUT2D eigenvalue weighted by molar-refractivity contribution is 0.268. The van der Waals surface area contributed by atoms with Crippen LogP contribution in [-0.2, 0) is 0 Å². The zero-order chi connectivity index (χ0) is 12.3. The molecule has 2 rings (SSSR count). The standard InChI is InChI=1S/C12H17Cl2N3/c1-8-4-2-3-5-9(8)6-15-11-10(13)7-16-12(14)17-11/h7-9H,2-6H2,1H3,(H,15,16,17). The van der Waals surface area contributed by atoms with E-state index in [1.54, 1.807) is 0 Å². The number of rotatable bonds is 3. The summed E-state index contributed by atoms with van der Waals surface area (Å²) in [5.74, 6) is 2.12. The monoisotopic (exact) mass is 273 g/mol. The summed E-state index contributed by atoms with van der Waals surface area (Å²) in [4.78, 5) is 7.92. The molecule has 1 aliphatic carbocycles. The SMILES string of the molecule is CC1CCCCC1CNc1nc(Cl)ncc1Cl. The van der Waals surface area contributed by atoms with Crippen molar-refractivity contribution in [2.75, 3.05) is 11.9 Å². The summed E-state index contributed by atoms with van der Waals surface area (Å²) < 4.78 is 0. The van der Waals surface area contributed by atoms with Gasteiger partial charge in [0.25, 0.3) is 0 Å². The second-order valence-corrected chi connectivity index (χ2v) is 5.48. The Morgan fingerprint density at radius 2 is 2.12 bits per heavy atom. The Morgan fingerprint density at radius 3 is 2.88 bits per heavy atom. The molecule has 5 heteroatoms. The van der Waals surface area contributed by atoms with Crippen LogP contribution in [0.5, 0.6) is 0 Å². The van der Waals surface area contributed by atoms with Gasteiger partial charge in [-0.3, -0.25) is 0 Å². The third-order valence-electron chi connectivity index (χ3n) is 3.54. The highest BCUT2D eigenvalue weighted by Crippen LogP contribution is 2.30. The van der Waals surface area contributed by atoms with Crippen molar-refractivity contribution in [1.82, 2.24) is 9.97 Å². The molecule has 0 bridgehead atoms. The molecule has 17 heavy (non-hydrogen) atoms. The van der Waals surface area contributed by atoms with Crippen LogP contribution in [0.3, 0.4) is 0 Å². The average molecular weight is 274 g/mol. The smallest absolute Gasteiger partial charge is 0.224 e. The van der Waals surface area contributed by atoms with Crippen LogP contribution in [0.25, 0.3) is 0 Å². The molecule has 1 aliphatic rings. The van der Waals surface area contributed by atoms with Crippen molar-refractivity contribution in [2.24, 2.45) is 11.8 Å². The predicted octanol–water partition coefficient (Wildman–Crippen LogP) is 4.02. The lowest BCUT2D eigenvalue weighted by Crippen LogP contribution is -2.24. The fraction of sp³-hybridized carbons (Fsp3) is 0.667. The van der Waals surface area contributed by atoms with Crippen LogP contribution in [0, 0.1) is 11.8 Å². The Balaban J connectivity index is 1.94. The van der Waals surface area contributed by atoms with Crippen LogP contribution in [0.4, 0.5) is 5.82 Å². The zero-order valence-corrected chi connectivity index (χ0v) is 11.4. The number of aromatic nitrogens is 2. The van der Waals surface area contributed by atoms with Gasteiger partial charge in [-0.25, -0.2) is 4.98 Å². The summed E-state index contributed by atoms with van der Waals surface area (Å²) in [6.45, 7) is 3.23. The summed E-state index contributed by atoms with van der Waals surface area (Å²) in [5, 5.41) is 4.04. The second-order valence-electron chi connectivity index (χ2n) is 4.74. The van der Waals surface area contributed by atoms with Gasteiger partial charge in [0.1, 0.15) is 10.8 Å². The highest BCUT2D eigenvalue weighted by molar-refractivity contribution is 6.33. The van der Waals surface area contributed by atoms with E-state index in [1.165, 1.54) is 31.9 Å². The minimum Gasteiger partial charge on any atom is -0.368 e. The first kappa shape index (κ1) is 12.9. The molecule has 0 amide bonds. The van der Waals surface area contributed by atoms with E-state index in [2.05, 4.69) is 22.2 Å². The lowest BCUT2D eigenvalue weighted by Gasteiger charge is -2.29. The molecule has 1 fully saturated rings. The molecule has 0 saturated heterocycles. The fourth-order valence-corrected chi connectivity index (χ4v) is 2.68. The molecular weight excluding hydrogens is 257 g/mol. The van der Waals surface area contributed by atoms with Gasteiger partial charge >= 0.3 is 0 Å². The Kier molecular flexibility index (Phi) is 4.46. The molecule has 94 valence electrons. The topological polar surface area (TPSA) is 37.8 Å². The molecule has 1 heterocycles. The second kappa shape index (κ2) is 5.87. The van der Waals surface area contributed by atoms with E-state index in [4.69, 9.17) is 23.2 Å². The first-order valence-electron chi connectivity index (χ1n) is 6.08. The van der Waals surface area contributed by atoms with Crippen molar-refractivity contribution in [3.8, 4) is 0 Å². The van der Waals surface area contributed by atoms with Gasteiger partial charge in [0, 0.05) is 6.54 Å². The van der Waals surface area contributed by atoms with Gasteiger partial charge in [-0.2, -0.15) is 4.98 Å². The van der Waals surface area contributed by atoms with Gasteiger partial charge in [-0.05, 0) is 29.9 Å². The highest BCUT2D eigenvalue weighted by atomic mass is 35.5. The Hall–Kier alpha value is -0.540. The third kappa shape index (κ3) is 3.46. The molecule has 1 saturated carbocycles. The number of hydrogen-bond donors (Lipinski definition) is 1. The van der Waals surface area contributed by atoms with E-state index >= 15 is 0 Å². The van der Waals surface area contributed by atoms with Gasteiger partial charge in [0.15, 0.2) is 0 Å². The summed E-state index contributed by atoms with van der Waals surface area (Å²) in [5.41, 5.74) is 0. The maximum absolute atomic E-state index is 6.00. The van der Waals surface area contributed by atoms with E-state index in [-0.39, 0.29) is 5.28 Å². The van der Waals surface area contributed by atoms with E-state index < -0.39 is 0 Å². The molecule has 2 unspecified atom stereocenters. The number of halogens is 2. The summed E-state index contributed by atoms with van der Waals surface area (Å²) in [6, 6.07) is 0. The quantitative estimate of drug-likeness (QED) is 0.846. The first-order valence-corrected chi connectivity index (χ1v) is 6.84. The zero-order valence-electron chi connectivity index (χ0n) is 9.92. The van der Waals surface area contributed by atoms with Gasteiger partial charge in [0.05, 0.1) is 6.20 Å². The molecule has 1 N–H and O–H groups in total. The van der Waals surface area contributed by atoms with Crippen LogP contribution in [0.2, 0.25) is 10.3 Å². The minimum atomic E-state index is 0.230. The number of anilines is 1. The first-order chi connectivity index (χ1) is 8.16. The van der Waals surface area contributed by atoms with Crippen LogP contribution >= 0.6 is 23.2 Å². The minimum absolute atomic E-state index is 0.230. The van der Waals surface area contributed by atoms with E-state index in [0.29, 0.717) is 16.8 Å². The molecular formula is C12H17Cl2N3. The molecule has 1 aromatic heterocycles. The molecule has 0 aliphatic heterocycles. The van der Waals surface area contributed by atoms with Crippen LogP contribution in [0.1, 0.15) is 32.6 Å². The van der Waals surface area contributed by atoms with Crippen molar-refractivity contribution < 1.29 is 0 Å². The van der Waals surface area contributed by atoms with Gasteiger partial charge in [-0.15, -0.1) is 0 Å². The Bertz CT molecular complexity index is 384. The predicted molar refractivity (Wildman–Crippen MR) is 71.7 cm³/mol. The number of hydrogen-bond acceptors (Lipinski definition) is 3. The Morgan fingerprint density at radius 1 is 1.35 bits per heavy atom. The molecule has 3 nitrogen and oxygen atoms in total. The highest BCUT2D eigenvalue weighted by Gasteiger charge is 2.21. The van der Waals surface area contributed by atoms with Gasteiger partial charge in [-0.1, -0.05) is 37.8 Å². The molecule has 2 atom stereocenters. The summed E-state index contributed by atoms with van der Waals surface area (Å²) >= 11 is 11.8. The van der Waals surface area contributed by atoms with Gasteiger partial charge in [0.2, 0.25) is 5.28 Å². The third-order valence-corrected chi connectivity index (χ3v) is 3.99. The maximum Gasteiger partial charge on any atom is 0.224 e. The maximum atomic E-state index is 6.00. The molecule has 0 spiro atoms. The number of nitrogens with zero attached hydrogens (tertiary/aromatic N) is 2. The largest absolute Gasteiger partial charge is 0.368 e.